The highest BCUT2D eigenvalue weighted by molar-refractivity contribution is 6.00. The number of nitrogens with one attached hydrogen (secondary N) is 4. The minimum absolute atomic E-state index is 0.0606. The van der Waals surface area contributed by atoms with E-state index in [1.807, 2.05) is 0 Å². The first-order valence-electron chi connectivity index (χ1n) is 11.7. The molecule has 14 heteroatoms. The summed E-state index contributed by atoms with van der Waals surface area (Å²) in [6.07, 6.45) is 0.574. The number of nitrogens with two attached hydrogens (primary N) is 2. The summed E-state index contributed by atoms with van der Waals surface area (Å²) in [5.74, 6) is -2.31. The maximum absolute atomic E-state index is 12.7. The number of amides is 4. The van der Waals surface area contributed by atoms with Gasteiger partial charge in [-0.1, -0.05) is 18.2 Å². The Kier molecular flexibility index (Phi) is 11.7. The molecule has 0 aliphatic carbocycles. The lowest BCUT2D eigenvalue weighted by atomic mass is 10.1. The number of nitro groups is 1. The van der Waals surface area contributed by atoms with Crippen molar-refractivity contribution in [3.8, 4) is 0 Å². The lowest BCUT2D eigenvalue weighted by molar-refractivity contribution is -0.384. The number of aliphatic imine (C=N–C) groups is 1. The van der Waals surface area contributed by atoms with E-state index in [1.165, 1.54) is 24.3 Å². The normalized spacial score (nSPS) is 10.9. The molecule has 14 nitrogen and oxygen atoms in total. The SMILES string of the molecule is NC(N)=NCCC[C@H](Nc1ccc([N+](=O)[O-])cc1)C(=O)NC(=O)CNC(=O)CCNC(=O)c1ccccc1. The number of carbonyl (C=O) groups is 4. The van der Waals surface area contributed by atoms with Crippen molar-refractivity contribution in [2.24, 2.45) is 16.5 Å². The van der Waals surface area contributed by atoms with Gasteiger partial charge in [0.05, 0.1) is 11.5 Å². The standard InChI is InChI=1S/C24H30N8O6/c25-24(26)28-13-4-7-19(30-17-8-10-18(11-9-17)32(37)38)23(36)31-21(34)15-29-20(33)12-14-27-22(35)16-5-2-1-3-6-16/h1-3,5-6,8-11,19,30H,4,7,12-15H2,(H,27,35)(H,29,33)(H4,25,26,28)(H,31,34,36)/t19-/m0/s1. The van der Waals surface area contributed by atoms with Crippen LogP contribution in [0, 0.1) is 10.1 Å². The van der Waals surface area contributed by atoms with Crippen molar-refractivity contribution >= 4 is 41.0 Å². The third-order valence-electron chi connectivity index (χ3n) is 5.06. The van der Waals surface area contributed by atoms with Gasteiger partial charge in [0.25, 0.3) is 11.6 Å². The number of guanidine groups is 1. The molecule has 2 aromatic carbocycles. The molecule has 0 unspecified atom stereocenters. The van der Waals surface area contributed by atoms with Crippen LogP contribution in [-0.4, -0.2) is 60.2 Å². The molecule has 0 saturated heterocycles. The molecule has 0 heterocycles. The van der Waals surface area contributed by atoms with Gasteiger partial charge in [0.15, 0.2) is 5.96 Å². The lowest BCUT2D eigenvalue weighted by Gasteiger charge is -2.19. The van der Waals surface area contributed by atoms with Crippen LogP contribution in [0.1, 0.15) is 29.6 Å². The van der Waals surface area contributed by atoms with Gasteiger partial charge in [0, 0.05) is 42.9 Å². The number of anilines is 1. The molecule has 0 radical (unpaired) electrons. The predicted molar refractivity (Wildman–Crippen MR) is 140 cm³/mol. The fraction of sp³-hybridized carbons (Fsp3) is 0.292. The van der Waals surface area contributed by atoms with Crippen molar-refractivity contribution < 1.29 is 24.1 Å². The maximum Gasteiger partial charge on any atom is 0.269 e. The summed E-state index contributed by atoms with van der Waals surface area (Å²) in [6.45, 7) is -0.133. The quantitative estimate of drug-likeness (QED) is 0.0640. The largest absolute Gasteiger partial charge is 0.374 e. The monoisotopic (exact) mass is 526 g/mol. The zero-order valence-electron chi connectivity index (χ0n) is 20.5. The first kappa shape index (κ1) is 29.2. The highest BCUT2D eigenvalue weighted by atomic mass is 16.6. The van der Waals surface area contributed by atoms with Gasteiger partial charge in [-0.2, -0.15) is 0 Å². The van der Waals surface area contributed by atoms with Crippen LogP contribution in [0.3, 0.4) is 0 Å². The minimum Gasteiger partial charge on any atom is -0.374 e. The Balaban J connectivity index is 1.83. The van der Waals surface area contributed by atoms with E-state index in [4.69, 9.17) is 11.5 Å². The van der Waals surface area contributed by atoms with E-state index >= 15 is 0 Å². The number of hydrogen-bond acceptors (Lipinski definition) is 8. The summed E-state index contributed by atoms with van der Waals surface area (Å²) in [4.78, 5) is 63.1. The molecule has 0 spiro atoms. The fourth-order valence-electron chi connectivity index (χ4n) is 3.17. The van der Waals surface area contributed by atoms with Crippen molar-refractivity contribution in [3.05, 3.63) is 70.3 Å². The molecule has 0 aromatic heterocycles. The zero-order valence-corrected chi connectivity index (χ0v) is 20.5. The molecule has 2 rings (SSSR count). The molecule has 0 aliphatic heterocycles. The Morgan fingerprint density at radius 3 is 2.26 bits per heavy atom. The van der Waals surface area contributed by atoms with Gasteiger partial charge >= 0.3 is 0 Å². The number of rotatable bonds is 14. The van der Waals surface area contributed by atoms with E-state index in [0.717, 1.165) is 0 Å². The van der Waals surface area contributed by atoms with Gasteiger partial charge in [-0.3, -0.25) is 39.6 Å². The summed E-state index contributed by atoms with van der Waals surface area (Å²) in [5, 5.41) is 21.0. The Morgan fingerprint density at radius 1 is 0.947 bits per heavy atom. The molecule has 0 bridgehead atoms. The maximum atomic E-state index is 12.7. The number of nitrogens with zero attached hydrogens (tertiary/aromatic N) is 2. The molecule has 4 amide bonds. The van der Waals surface area contributed by atoms with Crippen LogP contribution in [0.5, 0.6) is 0 Å². The van der Waals surface area contributed by atoms with E-state index in [9.17, 15) is 29.3 Å². The number of carbonyl (C=O) groups excluding carboxylic acids is 4. The van der Waals surface area contributed by atoms with Crippen LogP contribution >= 0.6 is 0 Å². The summed E-state index contributed by atoms with van der Waals surface area (Å²) in [7, 11) is 0. The van der Waals surface area contributed by atoms with Crippen LogP contribution in [0.4, 0.5) is 11.4 Å². The van der Waals surface area contributed by atoms with Crippen LogP contribution in [-0.2, 0) is 14.4 Å². The van der Waals surface area contributed by atoms with Crippen LogP contribution in [0.2, 0.25) is 0 Å². The van der Waals surface area contributed by atoms with Gasteiger partial charge in [-0.25, -0.2) is 0 Å². The molecule has 38 heavy (non-hydrogen) atoms. The zero-order chi connectivity index (χ0) is 27.9. The number of hydrogen-bond donors (Lipinski definition) is 6. The van der Waals surface area contributed by atoms with Crippen molar-refractivity contribution in [3.63, 3.8) is 0 Å². The third-order valence-corrected chi connectivity index (χ3v) is 5.06. The van der Waals surface area contributed by atoms with Crippen molar-refractivity contribution in [1.82, 2.24) is 16.0 Å². The molecular weight excluding hydrogens is 496 g/mol. The van der Waals surface area contributed by atoms with Crippen molar-refractivity contribution in [2.75, 3.05) is 25.0 Å². The van der Waals surface area contributed by atoms with Crippen LogP contribution < -0.4 is 32.7 Å². The number of imide groups is 1. The highest BCUT2D eigenvalue weighted by Crippen LogP contribution is 2.17. The number of benzene rings is 2. The van der Waals surface area contributed by atoms with Crippen molar-refractivity contribution in [1.29, 1.82) is 0 Å². The van der Waals surface area contributed by atoms with Gasteiger partial charge in [0.1, 0.15) is 6.04 Å². The molecule has 202 valence electrons. The molecular formula is C24H30N8O6. The molecule has 8 N–H and O–H groups in total. The van der Waals surface area contributed by atoms with Gasteiger partial charge in [-0.15, -0.1) is 0 Å². The second-order valence-corrected chi connectivity index (χ2v) is 8.01. The first-order valence-corrected chi connectivity index (χ1v) is 11.7. The Bertz CT molecular complexity index is 1150. The van der Waals surface area contributed by atoms with E-state index in [2.05, 4.69) is 26.3 Å². The van der Waals surface area contributed by atoms with Crippen LogP contribution in [0.25, 0.3) is 0 Å². The van der Waals surface area contributed by atoms with E-state index in [1.54, 1.807) is 30.3 Å². The summed E-state index contributed by atoms with van der Waals surface area (Å²) in [6, 6.07) is 13.0. The second-order valence-electron chi connectivity index (χ2n) is 8.01. The van der Waals surface area contributed by atoms with Gasteiger partial charge in [-0.05, 0) is 37.1 Å². The van der Waals surface area contributed by atoms with E-state index in [0.29, 0.717) is 17.7 Å². The Hall–Kier alpha value is -5.01. The second kappa shape index (κ2) is 15.2. The minimum atomic E-state index is -0.890. The summed E-state index contributed by atoms with van der Waals surface area (Å²) < 4.78 is 0. The third kappa shape index (κ3) is 10.7. The van der Waals surface area contributed by atoms with Gasteiger partial charge in [0.2, 0.25) is 17.7 Å². The molecule has 0 fully saturated rings. The first-order chi connectivity index (χ1) is 18.2. The Morgan fingerprint density at radius 2 is 1.63 bits per heavy atom. The summed E-state index contributed by atoms with van der Waals surface area (Å²) >= 11 is 0. The highest BCUT2D eigenvalue weighted by Gasteiger charge is 2.21. The van der Waals surface area contributed by atoms with E-state index in [-0.39, 0.29) is 43.5 Å². The van der Waals surface area contributed by atoms with E-state index < -0.39 is 35.2 Å². The fourth-order valence-corrected chi connectivity index (χ4v) is 3.17. The molecule has 0 aliphatic rings. The molecule has 1 atom stereocenters. The predicted octanol–water partition coefficient (Wildman–Crippen LogP) is 0.00800. The average Bonchev–Trinajstić information content (AvgIpc) is 2.89. The number of non-ortho nitro benzene ring substituents is 1. The van der Waals surface area contributed by atoms with Crippen LogP contribution in [0.15, 0.2) is 59.6 Å². The summed E-state index contributed by atoms with van der Waals surface area (Å²) in [5.41, 5.74) is 11.4. The lowest BCUT2D eigenvalue weighted by Crippen LogP contribution is -2.46. The molecule has 2 aromatic rings. The van der Waals surface area contributed by atoms with Crippen molar-refractivity contribution in [2.45, 2.75) is 25.3 Å². The molecule has 0 saturated carbocycles. The number of nitro benzene ring substituents is 1. The average molecular weight is 527 g/mol. The smallest absolute Gasteiger partial charge is 0.269 e. The topological polar surface area (TPSA) is 224 Å². The Labute approximate surface area is 218 Å². The van der Waals surface area contributed by atoms with Gasteiger partial charge < -0.3 is 27.4 Å².